The lowest BCUT2D eigenvalue weighted by atomic mass is 9.79. The first kappa shape index (κ1) is 39.6. The van der Waals surface area contributed by atoms with Crippen molar-refractivity contribution in [3.05, 3.63) is 248 Å². The van der Waals surface area contributed by atoms with Crippen LogP contribution in [0.3, 0.4) is 0 Å². The Hall–Kier alpha value is -6.21. The van der Waals surface area contributed by atoms with Crippen LogP contribution in [0, 0.1) is 0 Å². The fourth-order valence-corrected chi connectivity index (χ4v) is 8.68. The van der Waals surface area contributed by atoms with Gasteiger partial charge in [-0.1, -0.05) is 182 Å². The fraction of sp³-hybridized carbons (Fsp3) is 0.167. The van der Waals surface area contributed by atoms with Crippen molar-refractivity contribution >= 4 is 10.1 Å². The number of rotatable bonds is 14. The largest absolute Gasteiger partial charge is 0.358 e. The van der Waals surface area contributed by atoms with Crippen molar-refractivity contribution in [3.8, 4) is 0 Å². The van der Waals surface area contributed by atoms with Crippen LogP contribution < -0.4 is 11.2 Å². The van der Waals surface area contributed by atoms with Crippen LogP contribution in [0.25, 0.3) is 0 Å². The van der Waals surface area contributed by atoms with Crippen LogP contribution in [0.4, 0.5) is 0 Å². The Labute approximate surface area is 342 Å². The number of nitrogens with zero attached hydrogens (tertiary/aromatic N) is 1. The molecule has 0 unspecified atom stereocenters. The van der Waals surface area contributed by atoms with Gasteiger partial charge in [0.25, 0.3) is 15.7 Å². The smallest absolute Gasteiger partial charge is 0.330 e. The maximum absolute atomic E-state index is 13.7. The molecule has 0 amide bonds. The first-order chi connectivity index (χ1) is 28.7. The molecule has 1 saturated heterocycles. The Morgan fingerprint density at radius 2 is 0.932 bits per heavy atom. The Morgan fingerprint density at radius 1 is 0.559 bits per heavy atom. The quantitative estimate of drug-likeness (QED) is 0.0907. The van der Waals surface area contributed by atoms with E-state index in [2.05, 4.69) is 4.98 Å². The summed E-state index contributed by atoms with van der Waals surface area (Å²) in [7, 11) is -4.22. The molecular weight excluding hydrogens is 765 g/mol. The second kappa shape index (κ2) is 16.9. The average Bonchev–Trinajstić information content (AvgIpc) is 3.59. The molecule has 1 aliphatic heterocycles. The van der Waals surface area contributed by atoms with Crippen LogP contribution in [-0.2, 0) is 39.7 Å². The first-order valence-corrected chi connectivity index (χ1v) is 21.0. The van der Waals surface area contributed by atoms with Crippen LogP contribution in [-0.4, -0.2) is 49.1 Å². The van der Waals surface area contributed by atoms with Crippen molar-refractivity contribution < 1.29 is 26.8 Å². The van der Waals surface area contributed by atoms with E-state index in [-0.39, 0.29) is 6.61 Å². The Balaban J connectivity index is 1.33. The zero-order chi connectivity index (χ0) is 40.9. The molecule has 1 fully saturated rings. The number of H-pyrrole nitrogens is 1. The highest BCUT2D eigenvalue weighted by molar-refractivity contribution is 7.86. The van der Waals surface area contributed by atoms with Gasteiger partial charge in [-0.25, -0.2) is 4.79 Å². The summed E-state index contributed by atoms with van der Waals surface area (Å²) in [5.74, 6) is 0. The van der Waals surface area contributed by atoms with Gasteiger partial charge in [0.1, 0.15) is 29.5 Å². The average molecular weight is 807 g/mol. The summed E-state index contributed by atoms with van der Waals surface area (Å²) >= 11 is 0. The lowest BCUT2D eigenvalue weighted by Crippen LogP contribution is -2.47. The maximum atomic E-state index is 13.7. The summed E-state index contributed by atoms with van der Waals surface area (Å²) in [5.41, 5.74) is 0.586. The minimum Gasteiger partial charge on any atom is -0.358 e. The Morgan fingerprint density at radius 3 is 1.29 bits per heavy atom. The molecule has 0 bridgehead atoms. The molecular formula is C48H42N2O8S. The zero-order valence-electron chi connectivity index (χ0n) is 32.1. The van der Waals surface area contributed by atoms with E-state index in [0.29, 0.717) is 0 Å². The van der Waals surface area contributed by atoms with E-state index in [4.69, 9.17) is 18.4 Å². The highest BCUT2D eigenvalue weighted by Crippen LogP contribution is 2.47. The van der Waals surface area contributed by atoms with Crippen LogP contribution in [0.2, 0.25) is 0 Å². The van der Waals surface area contributed by atoms with Gasteiger partial charge in [0.2, 0.25) is 0 Å². The van der Waals surface area contributed by atoms with E-state index in [1.807, 2.05) is 182 Å². The van der Waals surface area contributed by atoms with Gasteiger partial charge in [-0.2, -0.15) is 8.42 Å². The molecule has 59 heavy (non-hydrogen) atoms. The van der Waals surface area contributed by atoms with Gasteiger partial charge >= 0.3 is 5.69 Å². The molecule has 10 nitrogen and oxygen atoms in total. The molecule has 1 aromatic heterocycles. The highest BCUT2D eigenvalue weighted by Gasteiger charge is 2.54. The van der Waals surface area contributed by atoms with Gasteiger partial charge in [-0.3, -0.25) is 18.5 Å². The molecule has 0 aliphatic carbocycles. The topological polar surface area (TPSA) is 126 Å². The monoisotopic (exact) mass is 806 g/mol. The van der Waals surface area contributed by atoms with Gasteiger partial charge in [0, 0.05) is 12.3 Å². The van der Waals surface area contributed by atoms with E-state index in [0.717, 1.165) is 39.6 Å². The first-order valence-electron chi connectivity index (χ1n) is 19.2. The zero-order valence-corrected chi connectivity index (χ0v) is 32.9. The predicted octanol–water partition coefficient (Wildman–Crippen LogP) is 7.16. The Bertz CT molecular complexity index is 2490. The van der Waals surface area contributed by atoms with E-state index in [9.17, 15) is 18.0 Å². The summed E-state index contributed by atoms with van der Waals surface area (Å²) in [4.78, 5) is 28.4. The molecule has 7 aromatic rings. The van der Waals surface area contributed by atoms with Gasteiger partial charge < -0.3 is 14.2 Å². The predicted molar refractivity (Wildman–Crippen MR) is 224 cm³/mol. The van der Waals surface area contributed by atoms with Crippen molar-refractivity contribution in [2.75, 3.05) is 12.9 Å². The molecule has 0 radical (unpaired) electrons. The number of aromatic nitrogens is 2. The molecule has 0 spiro atoms. The summed E-state index contributed by atoms with van der Waals surface area (Å²) in [6.07, 6.45) is -2.92. The second-order valence-electron chi connectivity index (χ2n) is 14.3. The number of aromatic amines is 1. The summed E-state index contributed by atoms with van der Waals surface area (Å²) in [6.45, 7) is -0.234. The number of nitrogens with one attached hydrogen (secondary N) is 1. The summed E-state index contributed by atoms with van der Waals surface area (Å²) in [5, 5.41) is 0. The summed E-state index contributed by atoms with van der Waals surface area (Å²) in [6, 6.07) is 59.0. The Kier molecular flexibility index (Phi) is 11.4. The minimum atomic E-state index is -4.22. The number of hydrogen-bond acceptors (Lipinski definition) is 8. The van der Waals surface area contributed by atoms with Gasteiger partial charge in [-0.05, 0) is 33.4 Å². The van der Waals surface area contributed by atoms with E-state index in [1.165, 1.54) is 16.8 Å². The lowest BCUT2D eigenvalue weighted by molar-refractivity contribution is -0.123. The molecule has 298 valence electrons. The van der Waals surface area contributed by atoms with Crippen LogP contribution in [0.1, 0.15) is 39.6 Å². The van der Waals surface area contributed by atoms with Gasteiger partial charge in [0.15, 0.2) is 6.23 Å². The van der Waals surface area contributed by atoms with Crippen molar-refractivity contribution in [2.24, 2.45) is 0 Å². The van der Waals surface area contributed by atoms with Crippen LogP contribution in [0.15, 0.2) is 204 Å². The third-order valence-corrected chi connectivity index (χ3v) is 11.1. The number of benzene rings is 6. The van der Waals surface area contributed by atoms with E-state index < -0.39 is 57.1 Å². The molecule has 1 N–H and O–H groups in total. The normalized spacial score (nSPS) is 18.4. The molecule has 4 atom stereocenters. The van der Waals surface area contributed by atoms with E-state index in [1.54, 1.807) is 0 Å². The number of hydrogen-bond donors (Lipinski definition) is 1. The fourth-order valence-electron chi connectivity index (χ4n) is 8.04. The van der Waals surface area contributed by atoms with Crippen molar-refractivity contribution in [3.63, 3.8) is 0 Å². The minimum absolute atomic E-state index is 0.234. The molecule has 1 aliphatic rings. The molecule has 6 aromatic carbocycles. The highest BCUT2D eigenvalue weighted by atomic mass is 32.2. The molecule has 2 heterocycles. The lowest BCUT2D eigenvalue weighted by Gasteiger charge is -2.40. The molecule has 8 rings (SSSR count). The third kappa shape index (κ3) is 7.99. The van der Waals surface area contributed by atoms with Crippen molar-refractivity contribution in [1.82, 2.24) is 9.55 Å². The maximum Gasteiger partial charge on any atom is 0.330 e. The third-order valence-electron chi connectivity index (χ3n) is 10.6. The standard InChI is InChI=1S/C48H42N2O8S/c1-59(53,54)58-43-41(34-55-47(35-20-8-2-9-21-35,36-22-10-3-11-23-36)37-24-12-4-13-25-37)56-45(50-33-32-42(51)49-46(50)52)44(43)57-48(38-26-14-5-15-27-38,39-28-16-6-17-29-39)40-30-18-7-19-31-40/h2-33,41,43-45H,34H2,1H3,(H,49,51,52)/t41-,43-,44-,45-/m1/s1. The second-order valence-corrected chi connectivity index (χ2v) is 15.9. The van der Waals surface area contributed by atoms with Gasteiger partial charge in [-0.15, -0.1) is 0 Å². The van der Waals surface area contributed by atoms with Crippen LogP contribution >= 0.6 is 0 Å². The summed E-state index contributed by atoms with van der Waals surface area (Å²) < 4.78 is 55.4. The van der Waals surface area contributed by atoms with Crippen molar-refractivity contribution in [2.45, 2.75) is 35.7 Å². The SMILES string of the molecule is CS(=O)(=O)O[C@H]1[C@@H](OC(c2ccccc2)(c2ccccc2)c2ccccc2)[C@H](n2ccc(=O)[nH]c2=O)O[C@@H]1COC(c1ccccc1)(c1ccccc1)c1ccccc1. The van der Waals surface area contributed by atoms with Crippen LogP contribution in [0.5, 0.6) is 0 Å². The van der Waals surface area contributed by atoms with Crippen molar-refractivity contribution in [1.29, 1.82) is 0 Å². The van der Waals surface area contributed by atoms with Gasteiger partial charge in [0.05, 0.1) is 12.9 Å². The van der Waals surface area contributed by atoms with E-state index >= 15 is 0 Å². The molecule has 11 heteroatoms. The number of ether oxygens (including phenoxy) is 3. The molecule has 0 saturated carbocycles.